The molecule has 0 amide bonds. The van der Waals surface area contributed by atoms with Crippen LogP contribution in [0.4, 0.5) is 10.1 Å². The molecule has 0 radical (unpaired) electrons. The highest BCUT2D eigenvalue weighted by atomic mass is 19.1. The number of nitrogens with zero attached hydrogens (tertiary/aromatic N) is 1. The van der Waals surface area contributed by atoms with Crippen molar-refractivity contribution in [2.45, 2.75) is 5.92 Å². The molecule has 0 aromatic heterocycles. The highest BCUT2D eigenvalue weighted by Crippen LogP contribution is 2.26. The molecular formula is C10H11FN2O4. The van der Waals surface area contributed by atoms with Gasteiger partial charge in [0.25, 0.3) is 0 Å². The van der Waals surface area contributed by atoms with Crippen molar-refractivity contribution < 1.29 is 18.8 Å². The van der Waals surface area contributed by atoms with Gasteiger partial charge in [-0.1, -0.05) is 12.1 Å². The number of halogens is 1. The monoisotopic (exact) mass is 242 g/mol. The van der Waals surface area contributed by atoms with Gasteiger partial charge < -0.3 is 10.5 Å². The van der Waals surface area contributed by atoms with Gasteiger partial charge >= 0.3 is 11.7 Å². The molecule has 92 valence electrons. The van der Waals surface area contributed by atoms with Crippen LogP contribution in [-0.4, -0.2) is 24.5 Å². The van der Waals surface area contributed by atoms with Crippen molar-refractivity contribution >= 4 is 11.7 Å². The molecular weight excluding hydrogens is 231 g/mol. The molecule has 0 heterocycles. The van der Waals surface area contributed by atoms with Crippen molar-refractivity contribution in [3.63, 3.8) is 0 Å². The highest BCUT2D eigenvalue weighted by molar-refractivity contribution is 5.78. The molecule has 6 nitrogen and oxygen atoms in total. The van der Waals surface area contributed by atoms with E-state index in [0.717, 1.165) is 13.2 Å². The zero-order chi connectivity index (χ0) is 13.0. The summed E-state index contributed by atoms with van der Waals surface area (Å²) < 4.78 is 18.2. The average molecular weight is 242 g/mol. The van der Waals surface area contributed by atoms with Crippen LogP contribution in [0.3, 0.4) is 0 Å². The van der Waals surface area contributed by atoms with Crippen LogP contribution in [0.15, 0.2) is 18.2 Å². The summed E-state index contributed by atoms with van der Waals surface area (Å²) in [5, 5.41) is 10.5. The molecule has 0 aliphatic heterocycles. The maximum absolute atomic E-state index is 13.8. The third kappa shape index (κ3) is 2.56. The molecule has 0 aliphatic rings. The lowest BCUT2D eigenvalue weighted by atomic mass is 9.98. The van der Waals surface area contributed by atoms with Crippen molar-refractivity contribution in [1.82, 2.24) is 0 Å². The summed E-state index contributed by atoms with van der Waals surface area (Å²) >= 11 is 0. The van der Waals surface area contributed by atoms with Crippen molar-refractivity contribution in [2.24, 2.45) is 5.73 Å². The number of methoxy groups -OCH3 is 1. The molecule has 0 saturated heterocycles. The number of nitrogens with two attached hydrogens (primary N) is 1. The summed E-state index contributed by atoms with van der Waals surface area (Å²) in [5.74, 6) is -2.83. The molecule has 17 heavy (non-hydrogen) atoms. The molecule has 0 aliphatic carbocycles. The van der Waals surface area contributed by atoms with Crippen molar-refractivity contribution in [1.29, 1.82) is 0 Å². The first-order chi connectivity index (χ1) is 8.02. The second-order valence-electron chi connectivity index (χ2n) is 3.25. The van der Waals surface area contributed by atoms with Crippen LogP contribution in [0.5, 0.6) is 0 Å². The van der Waals surface area contributed by atoms with E-state index in [4.69, 9.17) is 5.73 Å². The van der Waals surface area contributed by atoms with E-state index in [9.17, 15) is 19.3 Å². The Morgan fingerprint density at radius 1 is 1.65 bits per heavy atom. The first kappa shape index (κ1) is 13.0. The van der Waals surface area contributed by atoms with Crippen LogP contribution in [0.2, 0.25) is 0 Å². The van der Waals surface area contributed by atoms with Gasteiger partial charge in [0.2, 0.25) is 5.82 Å². The summed E-state index contributed by atoms with van der Waals surface area (Å²) in [6.45, 7) is -0.190. The third-order valence-corrected chi connectivity index (χ3v) is 2.30. The molecule has 0 saturated carbocycles. The number of benzene rings is 1. The molecule has 0 fully saturated rings. The Labute approximate surface area is 96.3 Å². The lowest BCUT2D eigenvalue weighted by Gasteiger charge is -2.13. The zero-order valence-corrected chi connectivity index (χ0v) is 9.05. The van der Waals surface area contributed by atoms with Gasteiger partial charge in [-0.2, -0.15) is 4.39 Å². The first-order valence-electron chi connectivity index (χ1n) is 4.73. The minimum absolute atomic E-state index is 0.131. The third-order valence-electron chi connectivity index (χ3n) is 2.30. The van der Waals surface area contributed by atoms with Crippen LogP contribution in [0.1, 0.15) is 11.5 Å². The van der Waals surface area contributed by atoms with Gasteiger partial charge in [-0.15, -0.1) is 0 Å². The fourth-order valence-electron chi connectivity index (χ4n) is 1.44. The SMILES string of the molecule is COC(=O)C(CN)c1cccc([N+](=O)[O-])c1F. The second kappa shape index (κ2) is 5.35. The molecule has 1 aromatic carbocycles. The molecule has 0 spiro atoms. The molecule has 1 aromatic rings. The zero-order valence-electron chi connectivity index (χ0n) is 9.05. The molecule has 7 heteroatoms. The Bertz CT molecular complexity index is 450. The minimum Gasteiger partial charge on any atom is -0.469 e. The van der Waals surface area contributed by atoms with E-state index in [-0.39, 0.29) is 12.1 Å². The first-order valence-corrected chi connectivity index (χ1v) is 4.73. The van der Waals surface area contributed by atoms with Gasteiger partial charge in [-0.25, -0.2) is 0 Å². The second-order valence-corrected chi connectivity index (χ2v) is 3.25. The van der Waals surface area contributed by atoms with E-state index in [1.165, 1.54) is 12.1 Å². The standard InChI is InChI=1S/C10H11FN2O4/c1-17-10(14)7(5-12)6-3-2-4-8(9(6)11)13(15)16/h2-4,7H,5,12H2,1H3. The number of rotatable bonds is 4. The Balaban J connectivity index is 3.25. The van der Waals surface area contributed by atoms with Gasteiger partial charge in [-0.05, 0) is 0 Å². The smallest absolute Gasteiger partial charge is 0.314 e. The number of carbonyl (C=O) groups is 1. The molecule has 1 rings (SSSR count). The summed E-state index contributed by atoms with van der Waals surface area (Å²) in [4.78, 5) is 21.0. The molecule has 2 N–H and O–H groups in total. The predicted octanol–water partition coefficient (Wildman–Crippen LogP) is 0.949. The summed E-state index contributed by atoms with van der Waals surface area (Å²) in [5.41, 5.74) is 4.52. The summed E-state index contributed by atoms with van der Waals surface area (Å²) in [6.07, 6.45) is 0. The number of ether oxygens (including phenoxy) is 1. The molecule has 1 unspecified atom stereocenters. The quantitative estimate of drug-likeness (QED) is 0.481. The summed E-state index contributed by atoms with van der Waals surface area (Å²) in [7, 11) is 1.14. The maximum Gasteiger partial charge on any atom is 0.314 e. The fourth-order valence-corrected chi connectivity index (χ4v) is 1.44. The van der Waals surface area contributed by atoms with E-state index < -0.39 is 28.3 Å². The maximum atomic E-state index is 13.8. The summed E-state index contributed by atoms with van der Waals surface area (Å²) in [6, 6.07) is 3.59. The van der Waals surface area contributed by atoms with Crippen LogP contribution >= 0.6 is 0 Å². The minimum atomic E-state index is -1.06. The largest absolute Gasteiger partial charge is 0.469 e. The predicted molar refractivity (Wildman–Crippen MR) is 56.9 cm³/mol. The van der Waals surface area contributed by atoms with Gasteiger partial charge in [0.15, 0.2) is 0 Å². The fraction of sp³-hybridized carbons (Fsp3) is 0.300. The number of hydrogen-bond donors (Lipinski definition) is 1. The molecule has 1 atom stereocenters. The molecule has 0 bridgehead atoms. The van der Waals surface area contributed by atoms with Gasteiger partial charge in [-0.3, -0.25) is 14.9 Å². The van der Waals surface area contributed by atoms with E-state index in [0.29, 0.717) is 0 Å². The van der Waals surface area contributed by atoms with E-state index in [1.807, 2.05) is 0 Å². The number of nitro benzene ring substituents is 1. The van der Waals surface area contributed by atoms with Gasteiger partial charge in [0, 0.05) is 18.2 Å². The average Bonchev–Trinajstić information content (AvgIpc) is 2.31. The van der Waals surface area contributed by atoms with Crippen LogP contribution < -0.4 is 5.73 Å². The number of esters is 1. The van der Waals surface area contributed by atoms with Crippen molar-refractivity contribution in [3.05, 3.63) is 39.7 Å². The Hall–Kier alpha value is -2.02. The number of hydrogen-bond acceptors (Lipinski definition) is 5. The van der Waals surface area contributed by atoms with E-state index in [2.05, 4.69) is 4.74 Å². The van der Waals surface area contributed by atoms with Crippen molar-refractivity contribution in [3.8, 4) is 0 Å². The van der Waals surface area contributed by atoms with Crippen LogP contribution in [0, 0.1) is 15.9 Å². The lowest BCUT2D eigenvalue weighted by Crippen LogP contribution is -2.24. The van der Waals surface area contributed by atoms with Gasteiger partial charge in [0.05, 0.1) is 18.0 Å². The van der Waals surface area contributed by atoms with Gasteiger partial charge in [0.1, 0.15) is 0 Å². The topological polar surface area (TPSA) is 95.5 Å². The Morgan fingerprint density at radius 2 is 2.29 bits per heavy atom. The van der Waals surface area contributed by atoms with Crippen LogP contribution in [0.25, 0.3) is 0 Å². The normalized spacial score (nSPS) is 11.9. The highest BCUT2D eigenvalue weighted by Gasteiger charge is 2.27. The number of carbonyl (C=O) groups excluding carboxylic acids is 1. The van der Waals surface area contributed by atoms with Crippen LogP contribution in [-0.2, 0) is 9.53 Å². The number of nitro groups is 1. The Morgan fingerprint density at radius 3 is 2.76 bits per heavy atom. The van der Waals surface area contributed by atoms with E-state index >= 15 is 0 Å². The lowest BCUT2D eigenvalue weighted by molar-refractivity contribution is -0.387. The van der Waals surface area contributed by atoms with Crippen molar-refractivity contribution in [2.75, 3.05) is 13.7 Å². The van der Waals surface area contributed by atoms with E-state index in [1.54, 1.807) is 0 Å². The Kier molecular flexibility index (Phi) is 4.11.